The molecule has 3 nitrogen and oxygen atoms in total. The number of methoxy groups -OCH3 is 1. The predicted octanol–water partition coefficient (Wildman–Crippen LogP) is 4.49. The first kappa shape index (κ1) is 16.8. The van der Waals surface area contributed by atoms with Crippen LogP contribution in [0.3, 0.4) is 0 Å². The van der Waals surface area contributed by atoms with Gasteiger partial charge in [-0.2, -0.15) is 0 Å². The lowest BCUT2D eigenvalue weighted by molar-refractivity contribution is -0.142. The maximum atomic E-state index is 12.0. The fourth-order valence-electron chi connectivity index (χ4n) is 2.39. The van der Waals surface area contributed by atoms with Crippen molar-refractivity contribution >= 4 is 5.97 Å². The van der Waals surface area contributed by atoms with Crippen LogP contribution in [0.25, 0.3) is 0 Å². The third-order valence-electron chi connectivity index (χ3n) is 3.55. The quantitative estimate of drug-likeness (QED) is 0.558. The van der Waals surface area contributed by atoms with E-state index in [-0.39, 0.29) is 11.9 Å². The summed E-state index contributed by atoms with van der Waals surface area (Å²) in [6.07, 6.45) is 0.564. The van der Waals surface area contributed by atoms with Gasteiger partial charge in [0.2, 0.25) is 0 Å². The van der Waals surface area contributed by atoms with Crippen molar-refractivity contribution < 1.29 is 14.3 Å². The van der Waals surface area contributed by atoms with Crippen molar-refractivity contribution in [1.29, 1.82) is 0 Å². The molecule has 0 heterocycles. The Balaban J connectivity index is 2.13. The van der Waals surface area contributed by atoms with Gasteiger partial charge in [0.05, 0.1) is 13.0 Å². The van der Waals surface area contributed by atoms with Gasteiger partial charge in [0.1, 0.15) is 12.4 Å². The fraction of sp³-hybridized carbons (Fsp3) is 0.250. The number of hydrogen-bond acceptors (Lipinski definition) is 3. The van der Waals surface area contributed by atoms with Gasteiger partial charge in [-0.15, -0.1) is 6.58 Å². The van der Waals surface area contributed by atoms with Crippen molar-refractivity contribution in [3.05, 3.63) is 77.9 Å². The van der Waals surface area contributed by atoms with Gasteiger partial charge in [0.25, 0.3) is 0 Å². The third kappa shape index (κ3) is 4.99. The summed E-state index contributed by atoms with van der Waals surface area (Å²) in [6.45, 7) is 6.30. The lowest BCUT2D eigenvalue weighted by atomic mass is 9.93. The second-order valence-corrected chi connectivity index (χ2v) is 5.58. The van der Waals surface area contributed by atoms with E-state index in [2.05, 4.69) is 6.58 Å². The number of rotatable bonds is 7. The van der Waals surface area contributed by atoms with Crippen molar-refractivity contribution in [2.75, 3.05) is 7.11 Å². The smallest absolute Gasteiger partial charge is 0.313 e. The Morgan fingerprint density at radius 1 is 1.13 bits per heavy atom. The Bertz CT molecular complexity index is 662. The zero-order valence-electron chi connectivity index (χ0n) is 13.6. The molecular formula is C20H22O3. The molecule has 2 aromatic rings. The van der Waals surface area contributed by atoms with Crippen LogP contribution in [0.15, 0.2) is 66.7 Å². The number of carbonyl (C=O) groups is 1. The van der Waals surface area contributed by atoms with Gasteiger partial charge >= 0.3 is 5.97 Å². The molecule has 0 N–H and O–H groups in total. The summed E-state index contributed by atoms with van der Waals surface area (Å²) in [6, 6.07) is 17.6. The molecule has 1 atom stereocenters. The molecule has 0 amide bonds. The van der Waals surface area contributed by atoms with Gasteiger partial charge in [-0.3, -0.25) is 4.79 Å². The molecule has 3 heteroatoms. The number of allylic oxidation sites excluding steroid dienone is 1. The summed E-state index contributed by atoms with van der Waals surface area (Å²) in [5, 5.41) is 0. The van der Waals surface area contributed by atoms with E-state index in [1.54, 1.807) is 0 Å². The number of carbonyl (C=O) groups excluding carboxylic acids is 1. The summed E-state index contributed by atoms with van der Waals surface area (Å²) < 4.78 is 10.7. The van der Waals surface area contributed by atoms with Crippen LogP contribution in [0.1, 0.15) is 30.4 Å². The van der Waals surface area contributed by atoms with E-state index >= 15 is 0 Å². The minimum atomic E-state index is -0.349. The molecular weight excluding hydrogens is 288 g/mol. The highest BCUT2D eigenvalue weighted by molar-refractivity contribution is 5.78. The average molecular weight is 310 g/mol. The van der Waals surface area contributed by atoms with E-state index in [1.165, 1.54) is 7.11 Å². The van der Waals surface area contributed by atoms with Crippen LogP contribution in [0.2, 0.25) is 0 Å². The molecule has 0 radical (unpaired) electrons. The molecule has 0 aromatic heterocycles. The van der Waals surface area contributed by atoms with E-state index in [0.29, 0.717) is 13.0 Å². The van der Waals surface area contributed by atoms with Crippen LogP contribution in [-0.2, 0) is 16.1 Å². The first-order valence-corrected chi connectivity index (χ1v) is 7.59. The molecule has 0 spiro atoms. The maximum absolute atomic E-state index is 12.0. The lowest BCUT2D eigenvalue weighted by Crippen LogP contribution is -2.14. The van der Waals surface area contributed by atoms with Gasteiger partial charge in [-0.25, -0.2) is 0 Å². The first-order valence-electron chi connectivity index (χ1n) is 7.59. The van der Waals surface area contributed by atoms with E-state index in [9.17, 15) is 4.79 Å². The van der Waals surface area contributed by atoms with Crippen molar-refractivity contribution in [1.82, 2.24) is 0 Å². The van der Waals surface area contributed by atoms with Crippen LogP contribution >= 0.6 is 0 Å². The highest BCUT2D eigenvalue weighted by Gasteiger charge is 2.21. The predicted molar refractivity (Wildman–Crippen MR) is 91.4 cm³/mol. The van der Waals surface area contributed by atoms with Crippen molar-refractivity contribution in [2.24, 2.45) is 0 Å². The normalized spacial score (nSPS) is 11.6. The Morgan fingerprint density at radius 3 is 2.52 bits per heavy atom. The van der Waals surface area contributed by atoms with Gasteiger partial charge in [0.15, 0.2) is 0 Å². The molecule has 0 unspecified atom stereocenters. The van der Waals surface area contributed by atoms with Crippen molar-refractivity contribution in [2.45, 2.75) is 25.9 Å². The molecule has 2 rings (SSSR count). The monoisotopic (exact) mass is 310 g/mol. The summed E-state index contributed by atoms with van der Waals surface area (Å²) >= 11 is 0. The summed E-state index contributed by atoms with van der Waals surface area (Å²) in [5.41, 5.74) is 2.92. The minimum Gasteiger partial charge on any atom is -0.489 e. The number of hydrogen-bond donors (Lipinski definition) is 0. The Hall–Kier alpha value is -2.55. The zero-order valence-corrected chi connectivity index (χ0v) is 13.6. The Labute approximate surface area is 137 Å². The van der Waals surface area contributed by atoms with Crippen LogP contribution in [0.5, 0.6) is 5.75 Å². The highest BCUT2D eigenvalue weighted by atomic mass is 16.5. The second kappa shape index (κ2) is 8.18. The molecule has 23 heavy (non-hydrogen) atoms. The topological polar surface area (TPSA) is 35.5 Å². The Kier molecular flexibility index (Phi) is 5.98. The lowest BCUT2D eigenvalue weighted by Gasteiger charge is -2.16. The maximum Gasteiger partial charge on any atom is 0.313 e. The standard InChI is InChI=1S/C20H22O3/c1-15(2)12-19(20(21)22-3)17-10-7-11-18(13-17)23-14-16-8-5-4-6-9-16/h4-11,13,19H,1,12,14H2,2-3H3/t19-/m1/s1. The van der Waals surface area contributed by atoms with E-state index < -0.39 is 0 Å². The number of esters is 1. The van der Waals surface area contributed by atoms with E-state index in [0.717, 1.165) is 22.4 Å². The Morgan fingerprint density at radius 2 is 1.87 bits per heavy atom. The molecule has 0 saturated carbocycles. The fourth-order valence-corrected chi connectivity index (χ4v) is 2.39. The third-order valence-corrected chi connectivity index (χ3v) is 3.55. The second-order valence-electron chi connectivity index (χ2n) is 5.58. The molecule has 0 aliphatic heterocycles. The van der Waals surface area contributed by atoms with Gasteiger partial charge in [-0.1, -0.05) is 48.0 Å². The van der Waals surface area contributed by atoms with Crippen molar-refractivity contribution in [3.63, 3.8) is 0 Å². The molecule has 2 aromatic carbocycles. The van der Waals surface area contributed by atoms with Crippen LogP contribution in [0, 0.1) is 0 Å². The molecule has 0 saturated heterocycles. The minimum absolute atomic E-state index is 0.256. The molecule has 120 valence electrons. The van der Waals surface area contributed by atoms with E-state index in [1.807, 2.05) is 61.5 Å². The van der Waals surface area contributed by atoms with Crippen LogP contribution < -0.4 is 4.74 Å². The molecule has 0 aliphatic rings. The van der Waals surface area contributed by atoms with Gasteiger partial charge in [-0.05, 0) is 36.6 Å². The molecule has 0 aliphatic carbocycles. The molecule has 0 bridgehead atoms. The number of benzene rings is 2. The summed E-state index contributed by atoms with van der Waals surface area (Å²) in [5.74, 6) is 0.132. The SMILES string of the molecule is C=C(C)C[C@@H](C(=O)OC)c1cccc(OCc2ccccc2)c1. The molecule has 0 fully saturated rings. The van der Waals surface area contributed by atoms with Gasteiger partial charge in [0, 0.05) is 0 Å². The average Bonchev–Trinajstić information content (AvgIpc) is 2.58. The van der Waals surface area contributed by atoms with Crippen LogP contribution in [0.4, 0.5) is 0 Å². The zero-order chi connectivity index (χ0) is 16.7. The summed E-state index contributed by atoms with van der Waals surface area (Å²) in [7, 11) is 1.41. The van der Waals surface area contributed by atoms with Crippen LogP contribution in [-0.4, -0.2) is 13.1 Å². The van der Waals surface area contributed by atoms with Gasteiger partial charge < -0.3 is 9.47 Å². The highest BCUT2D eigenvalue weighted by Crippen LogP contribution is 2.27. The first-order chi connectivity index (χ1) is 11.1. The summed E-state index contributed by atoms with van der Waals surface area (Å²) in [4.78, 5) is 12.0. The van der Waals surface area contributed by atoms with Crippen molar-refractivity contribution in [3.8, 4) is 5.75 Å². The largest absolute Gasteiger partial charge is 0.489 e. The number of ether oxygens (including phenoxy) is 2. The van der Waals surface area contributed by atoms with E-state index in [4.69, 9.17) is 9.47 Å².